The molecular weight excluding hydrogens is 308 g/mol. The van der Waals surface area contributed by atoms with Gasteiger partial charge in [-0.1, -0.05) is 26.0 Å². The highest BCUT2D eigenvalue weighted by Crippen LogP contribution is 2.16. The molecule has 2 amide bonds. The zero-order chi connectivity index (χ0) is 17.7. The number of nitrogens with zero attached hydrogens (tertiary/aromatic N) is 2. The van der Waals surface area contributed by atoms with Crippen molar-refractivity contribution >= 4 is 11.8 Å². The number of methoxy groups -OCH3 is 1. The highest BCUT2D eigenvalue weighted by atomic mass is 16.5. The topological polar surface area (TPSA) is 70.1 Å². The first-order chi connectivity index (χ1) is 11.4. The number of carbonyl (C=O) groups is 2. The number of rotatable bonds is 6. The monoisotopic (exact) mass is 334 g/mol. The number of ether oxygens (including phenoxy) is 1. The largest absolute Gasteiger partial charge is 0.497 e. The smallest absolute Gasteiger partial charge is 0.251 e. The van der Waals surface area contributed by atoms with Crippen LogP contribution >= 0.6 is 0 Å². The van der Waals surface area contributed by atoms with Gasteiger partial charge in [0.25, 0.3) is 5.91 Å². The number of amides is 2. The van der Waals surface area contributed by atoms with E-state index in [1.807, 2.05) is 38.1 Å². The average molecular weight is 334 g/mol. The lowest BCUT2D eigenvalue weighted by Crippen LogP contribution is -2.54. The summed E-state index contributed by atoms with van der Waals surface area (Å²) in [6, 6.07) is 7.58. The van der Waals surface area contributed by atoms with Gasteiger partial charge in [0.05, 0.1) is 13.7 Å². The molecule has 1 aromatic carbocycles. The van der Waals surface area contributed by atoms with E-state index in [1.165, 1.54) is 4.90 Å². The van der Waals surface area contributed by atoms with E-state index in [-0.39, 0.29) is 24.3 Å². The molecule has 24 heavy (non-hydrogen) atoms. The second-order valence-corrected chi connectivity index (χ2v) is 6.57. The van der Waals surface area contributed by atoms with Gasteiger partial charge in [-0.3, -0.25) is 9.59 Å². The average Bonchev–Trinajstić information content (AvgIpc) is 2.56. The standard InChI is InChI=1S/C18H26N2O4/c1-13(2)10-16(21)18(23)20-9-8-19(17(22)12-20)11-14-4-6-15(24-3)7-5-14/h4-7,13,16,21H,8-12H2,1-3H3/t16-/m0/s1. The van der Waals surface area contributed by atoms with Crippen LogP contribution in [0.3, 0.4) is 0 Å². The van der Waals surface area contributed by atoms with Crippen LogP contribution < -0.4 is 4.74 Å². The van der Waals surface area contributed by atoms with Gasteiger partial charge in [0.2, 0.25) is 5.91 Å². The normalized spacial score (nSPS) is 16.5. The molecule has 0 radical (unpaired) electrons. The van der Waals surface area contributed by atoms with Crippen LogP contribution in [0.25, 0.3) is 0 Å². The van der Waals surface area contributed by atoms with E-state index in [9.17, 15) is 14.7 Å². The van der Waals surface area contributed by atoms with Crippen molar-refractivity contribution < 1.29 is 19.4 Å². The first-order valence-electron chi connectivity index (χ1n) is 8.28. The molecule has 1 atom stereocenters. The van der Waals surface area contributed by atoms with Crippen molar-refractivity contribution in [3.8, 4) is 5.75 Å². The summed E-state index contributed by atoms with van der Waals surface area (Å²) < 4.78 is 5.12. The Balaban J connectivity index is 1.90. The van der Waals surface area contributed by atoms with Gasteiger partial charge >= 0.3 is 0 Å². The maximum absolute atomic E-state index is 12.3. The minimum absolute atomic E-state index is 0.0319. The molecular formula is C18H26N2O4. The van der Waals surface area contributed by atoms with Gasteiger partial charge in [-0.05, 0) is 30.0 Å². The van der Waals surface area contributed by atoms with Gasteiger partial charge in [-0.2, -0.15) is 0 Å². The quantitative estimate of drug-likeness (QED) is 0.851. The molecule has 0 spiro atoms. The van der Waals surface area contributed by atoms with Crippen LogP contribution in [0.2, 0.25) is 0 Å². The van der Waals surface area contributed by atoms with Gasteiger partial charge in [-0.25, -0.2) is 0 Å². The first kappa shape index (κ1) is 18.3. The second-order valence-electron chi connectivity index (χ2n) is 6.57. The summed E-state index contributed by atoms with van der Waals surface area (Å²) in [7, 11) is 1.61. The van der Waals surface area contributed by atoms with E-state index >= 15 is 0 Å². The van der Waals surface area contributed by atoms with Gasteiger partial charge in [0, 0.05) is 19.6 Å². The predicted molar refractivity (Wildman–Crippen MR) is 90.5 cm³/mol. The lowest BCUT2D eigenvalue weighted by atomic mass is 10.0. The fourth-order valence-corrected chi connectivity index (χ4v) is 2.77. The van der Waals surface area contributed by atoms with Crippen molar-refractivity contribution in [3.63, 3.8) is 0 Å². The fraction of sp³-hybridized carbons (Fsp3) is 0.556. The Morgan fingerprint density at radius 3 is 2.46 bits per heavy atom. The lowest BCUT2D eigenvalue weighted by Gasteiger charge is -2.35. The van der Waals surface area contributed by atoms with Crippen molar-refractivity contribution in [3.05, 3.63) is 29.8 Å². The molecule has 1 aliphatic heterocycles. The van der Waals surface area contributed by atoms with Crippen molar-refractivity contribution in [1.82, 2.24) is 9.80 Å². The number of piperazine rings is 1. The molecule has 1 aliphatic rings. The Morgan fingerprint density at radius 1 is 1.25 bits per heavy atom. The van der Waals surface area contributed by atoms with E-state index in [0.29, 0.717) is 26.1 Å². The third kappa shape index (κ3) is 4.71. The molecule has 0 unspecified atom stereocenters. The highest BCUT2D eigenvalue weighted by Gasteiger charge is 2.30. The maximum atomic E-state index is 12.3. The maximum Gasteiger partial charge on any atom is 0.251 e. The van der Waals surface area contributed by atoms with Gasteiger partial charge < -0.3 is 19.6 Å². The molecule has 0 aromatic heterocycles. The molecule has 132 valence electrons. The predicted octanol–water partition coefficient (Wildman–Crippen LogP) is 1.27. The van der Waals surface area contributed by atoms with Gasteiger partial charge in [0.15, 0.2) is 0 Å². The summed E-state index contributed by atoms with van der Waals surface area (Å²) >= 11 is 0. The molecule has 1 heterocycles. The molecule has 6 heteroatoms. The Bertz CT molecular complexity index is 571. The number of hydrogen-bond acceptors (Lipinski definition) is 4. The van der Waals surface area contributed by atoms with Crippen molar-refractivity contribution in [2.24, 2.45) is 5.92 Å². The first-order valence-corrected chi connectivity index (χ1v) is 8.28. The summed E-state index contributed by atoms with van der Waals surface area (Å²) in [6.45, 7) is 5.38. The second kappa shape index (κ2) is 8.15. The Kier molecular flexibility index (Phi) is 6.20. The molecule has 1 fully saturated rings. The Morgan fingerprint density at radius 2 is 1.92 bits per heavy atom. The fourth-order valence-electron chi connectivity index (χ4n) is 2.77. The third-order valence-electron chi connectivity index (χ3n) is 4.14. The highest BCUT2D eigenvalue weighted by molar-refractivity contribution is 5.88. The summed E-state index contributed by atoms with van der Waals surface area (Å²) in [5, 5.41) is 9.95. The van der Waals surface area contributed by atoms with Crippen LogP contribution in [-0.4, -0.2) is 59.6 Å². The van der Waals surface area contributed by atoms with Crippen molar-refractivity contribution in [2.45, 2.75) is 32.9 Å². The Labute approximate surface area is 143 Å². The van der Waals surface area contributed by atoms with Crippen LogP contribution in [0.5, 0.6) is 5.75 Å². The minimum atomic E-state index is -1.02. The Hall–Kier alpha value is -2.08. The van der Waals surface area contributed by atoms with Crippen molar-refractivity contribution in [1.29, 1.82) is 0 Å². The number of hydrogen-bond donors (Lipinski definition) is 1. The summed E-state index contributed by atoms with van der Waals surface area (Å²) in [5.41, 5.74) is 1.02. The zero-order valence-corrected chi connectivity index (χ0v) is 14.6. The molecule has 1 aromatic rings. The van der Waals surface area contributed by atoms with E-state index in [0.717, 1.165) is 11.3 Å². The van der Waals surface area contributed by atoms with Crippen LogP contribution in [0.4, 0.5) is 0 Å². The number of carbonyl (C=O) groups excluding carboxylic acids is 2. The van der Waals surface area contributed by atoms with Gasteiger partial charge in [0.1, 0.15) is 11.9 Å². The molecule has 2 rings (SSSR count). The molecule has 6 nitrogen and oxygen atoms in total. The molecule has 1 N–H and O–H groups in total. The van der Waals surface area contributed by atoms with Crippen LogP contribution in [0, 0.1) is 5.92 Å². The van der Waals surface area contributed by atoms with Crippen LogP contribution in [-0.2, 0) is 16.1 Å². The summed E-state index contributed by atoms with van der Waals surface area (Å²) in [4.78, 5) is 27.7. The summed E-state index contributed by atoms with van der Waals surface area (Å²) in [5.74, 6) is 0.568. The number of aliphatic hydroxyl groups is 1. The van der Waals surface area contributed by atoms with E-state index in [4.69, 9.17) is 4.74 Å². The molecule has 0 saturated carbocycles. The van der Waals surface area contributed by atoms with E-state index < -0.39 is 6.10 Å². The van der Waals surface area contributed by atoms with Crippen molar-refractivity contribution in [2.75, 3.05) is 26.7 Å². The lowest BCUT2D eigenvalue weighted by molar-refractivity contribution is -0.151. The van der Waals surface area contributed by atoms with Crippen LogP contribution in [0.1, 0.15) is 25.8 Å². The molecule has 0 bridgehead atoms. The molecule has 0 aliphatic carbocycles. The summed E-state index contributed by atoms with van der Waals surface area (Å²) in [6.07, 6.45) is -0.607. The van der Waals surface area contributed by atoms with E-state index in [1.54, 1.807) is 12.0 Å². The minimum Gasteiger partial charge on any atom is -0.497 e. The van der Waals surface area contributed by atoms with Crippen LogP contribution in [0.15, 0.2) is 24.3 Å². The zero-order valence-electron chi connectivity index (χ0n) is 14.6. The molecule has 1 saturated heterocycles. The SMILES string of the molecule is COc1ccc(CN2CCN(C(=O)[C@@H](O)CC(C)C)CC2=O)cc1. The number of benzene rings is 1. The number of aliphatic hydroxyl groups excluding tert-OH is 1. The third-order valence-corrected chi connectivity index (χ3v) is 4.14. The van der Waals surface area contributed by atoms with Gasteiger partial charge in [-0.15, -0.1) is 0 Å². The van der Waals surface area contributed by atoms with E-state index in [2.05, 4.69) is 0 Å².